The van der Waals surface area contributed by atoms with Gasteiger partial charge >= 0.3 is 25.7 Å². The Balaban J connectivity index is 4.39. The van der Waals surface area contributed by atoms with Gasteiger partial charge in [-0.15, -0.1) is 0 Å². The van der Waals surface area contributed by atoms with Gasteiger partial charge in [0.2, 0.25) is 0 Å². The van der Waals surface area contributed by atoms with Gasteiger partial charge in [-0.2, -0.15) is 0 Å². The van der Waals surface area contributed by atoms with E-state index in [1.165, 1.54) is 57.8 Å². The fourth-order valence-electron chi connectivity index (χ4n) is 5.66. The van der Waals surface area contributed by atoms with Crippen LogP contribution in [0, 0.1) is 0 Å². The Kier molecular flexibility index (Phi) is 37.5. The number of ether oxygens (including phenoxy) is 2. The molecule has 4 N–H and O–H groups in total. The third kappa shape index (κ3) is 38.3. The number of carboxylic acids is 1. The third-order valence-electron chi connectivity index (χ3n) is 9.06. The Labute approximate surface area is 339 Å². The molecule has 0 aliphatic carbocycles. The maximum Gasteiger partial charge on any atom is 0.472 e. The van der Waals surface area contributed by atoms with Crippen molar-refractivity contribution in [3.8, 4) is 0 Å². The summed E-state index contributed by atoms with van der Waals surface area (Å²) in [6.07, 6.45) is 43.1. The van der Waals surface area contributed by atoms with E-state index >= 15 is 0 Å². The number of esters is 2. The molecule has 0 aliphatic rings. The molecule has 0 aromatic heterocycles. The zero-order valence-corrected chi connectivity index (χ0v) is 35.9. The summed E-state index contributed by atoms with van der Waals surface area (Å²) >= 11 is 0. The molecular formula is C44H78NO10P. The highest BCUT2D eigenvalue weighted by Crippen LogP contribution is 2.43. The summed E-state index contributed by atoms with van der Waals surface area (Å²) in [4.78, 5) is 45.9. The van der Waals surface area contributed by atoms with Gasteiger partial charge in [0, 0.05) is 12.8 Å². The smallest absolute Gasteiger partial charge is 0.472 e. The Morgan fingerprint density at radius 1 is 0.571 bits per heavy atom. The van der Waals surface area contributed by atoms with E-state index < -0.39 is 51.1 Å². The molecule has 56 heavy (non-hydrogen) atoms. The molecule has 0 radical (unpaired) electrons. The summed E-state index contributed by atoms with van der Waals surface area (Å²) in [5, 5.41) is 8.89. The number of hydrogen-bond donors (Lipinski definition) is 3. The molecule has 0 aromatic carbocycles. The zero-order valence-electron chi connectivity index (χ0n) is 35.0. The van der Waals surface area contributed by atoms with Gasteiger partial charge < -0.3 is 25.2 Å². The van der Waals surface area contributed by atoms with Crippen LogP contribution in [0.1, 0.15) is 181 Å². The van der Waals surface area contributed by atoms with E-state index in [1.54, 1.807) is 0 Å². The van der Waals surface area contributed by atoms with Crippen LogP contribution < -0.4 is 5.73 Å². The third-order valence-corrected chi connectivity index (χ3v) is 10.0. The van der Waals surface area contributed by atoms with E-state index in [9.17, 15) is 23.8 Å². The largest absolute Gasteiger partial charge is 0.480 e. The number of phosphoric acid groups is 1. The molecule has 0 rings (SSSR count). The Morgan fingerprint density at radius 3 is 1.52 bits per heavy atom. The number of phosphoric ester groups is 1. The number of aliphatic carboxylic acids is 1. The standard InChI is InChI=1S/C44H78NO10P/c1-3-5-7-9-11-13-15-17-19-20-22-24-26-28-30-32-34-36-43(47)55-40(38-53-56(50,51)54-39-41(45)44(48)49)37-52-42(46)35-33-31-29-27-25-23-21-18-16-14-12-10-8-6-4-2/h6,8,12,14,17-19,21,40-41H,3-5,7,9-11,13,15-16,20,22-39,45H2,1-2H3,(H,48,49)(H,50,51)/b8-6-,14-12-,19-17-,21-18-/t40-,41+/m1/s1. The summed E-state index contributed by atoms with van der Waals surface area (Å²) < 4.78 is 32.7. The van der Waals surface area contributed by atoms with Gasteiger partial charge in [0.15, 0.2) is 6.10 Å². The molecule has 0 aromatic rings. The van der Waals surface area contributed by atoms with Crippen LogP contribution in [0.3, 0.4) is 0 Å². The number of nitrogens with two attached hydrogens (primary N) is 1. The minimum atomic E-state index is -4.72. The van der Waals surface area contributed by atoms with Crippen LogP contribution in [-0.4, -0.2) is 59.9 Å². The summed E-state index contributed by atoms with van der Waals surface area (Å²) in [6.45, 7) is 2.66. The number of hydrogen-bond acceptors (Lipinski definition) is 9. The quantitative estimate of drug-likeness (QED) is 0.0233. The van der Waals surface area contributed by atoms with Crippen LogP contribution in [0.2, 0.25) is 0 Å². The van der Waals surface area contributed by atoms with Gasteiger partial charge in [0.25, 0.3) is 0 Å². The van der Waals surface area contributed by atoms with E-state index in [-0.39, 0.29) is 19.4 Å². The summed E-state index contributed by atoms with van der Waals surface area (Å²) in [5.74, 6) is -2.41. The van der Waals surface area contributed by atoms with Crippen molar-refractivity contribution in [1.82, 2.24) is 0 Å². The lowest BCUT2D eigenvalue weighted by molar-refractivity contribution is -0.161. The van der Waals surface area contributed by atoms with Crippen molar-refractivity contribution < 1.29 is 47.5 Å². The van der Waals surface area contributed by atoms with Crippen LogP contribution in [0.4, 0.5) is 0 Å². The van der Waals surface area contributed by atoms with E-state index in [2.05, 4.69) is 67.0 Å². The molecule has 0 fully saturated rings. The molecule has 0 spiro atoms. The maximum absolute atomic E-state index is 12.6. The normalized spacial score (nSPS) is 14.2. The van der Waals surface area contributed by atoms with E-state index in [0.717, 1.165) is 83.5 Å². The average Bonchev–Trinajstić information content (AvgIpc) is 3.17. The lowest BCUT2D eigenvalue weighted by atomic mass is 10.1. The predicted octanol–water partition coefficient (Wildman–Crippen LogP) is 11.4. The molecule has 0 saturated heterocycles. The molecule has 0 amide bonds. The van der Waals surface area contributed by atoms with E-state index in [1.807, 2.05) is 0 Å². The first-order valence-electron chi connectivity index (χ1n) is 21.7. The van der Waals surface area contributed by atoms with Gasteiger partial charge in [-0.05, 0) is 70.6 Å². The van der Waals surface area contributed by atoms with E-state index in [4.69, 9.17) is 24.8 Å². The van der Waals surface area contributed by atoms with E-state index in [0.29, 0.717) is 12.8 Å². The minimum absolute atomic E-state index is 0.151. The molecule has 12 heteroatoms. The number of carboxylic acid groups (broad SMARTS) is 1. The second-order valence-electron chi connectivity index (χ2n) is 14.4. The highest BCUT2D eigenvalue weighted by atomic mass is 31.2. The second-order valence-corrected chi connectivity index (χ2v) is 15.9. The van der Waals surface area contributed by atoms with Crippen molar-refractivity contribution in [2.45, 2.75) is 193 Å². The van der Waals surface area contributed by atoms with Crippen LogP contribution in [-0.2, 0) is 37.5 Å². The van der Waals surface area contributed by atoms with Crippen molar-refractivity contribution in [3.05, 3.63) is 48.6 Å². The predicted molar refractivity (Wildman–Crippen MR) is 226 cm³/mol. The molecule has 0 aliphatic heterocycles. The monoisotopic (exact) mass is 812 g/mol. The fourth-order valence-corrected chi connectivity index (χ4v) is 6.44. The van der Waals surface area contributed by atoms with Crippen LogP contribution >= 0.6 is 7.82 Å². The highest BCUT2D eigenvalue weighted by molar-refractivity contribution is 7.47. The Bertz CT molecular complexity index is 1140. The van der Waals surface area contributed by atoms with Gasteiger partial charge in [0.05, 0.1) is 13.2 Å². The minimum Gasteiger partial charge on any atom is -0.480 e. The van der Waals surface area contributed by atoms with Crippen LogP contribution in [0.5, 0.6) is 0 Å². The van der Waals surface area contributed by atoms with Gasteiger partial charge in [0.1, 0.15) is 12.6 Å². The lowest BCUT2D eigenvalue weighted by Crippen LogP contribution is -2.34. The molecule has 1 unspecified atom stereocenters. The summed E-state index contributed by atoms with van der Waals surface area (Å²) in [5.41, 5.74) is 5.33. The van der Waals surface area contributed by atoms with Crippen molar-refractivity contribution in [2.24, 2.45) is 5.73 Å². The zero-order chi connectivity index (χ0) is 41.4. The molecule has 324 valence electrons. The maximum atomic E-state index is 12.6. The van der Waals surface area contributed by atoms with Crippen molar-refractivity contribution in [2.75, 3.05) is 19.8 Å². The number of carbonyl (C=O) groups excluding carboxylic acids is 2. The Hall–Kier alpha value is -2.56. The van der Waals surface area contributed by atoms with Crippen LogP contribution in [0.25, 0.3) is 0 Å². The fraction of sp³-hybridized carbons (Fsp3) is 0.750. The summed E-state index contributed by atoms with van der Waals surface area (Å²) in [6, 6.07) is -1.53. The van der Waals surface area contributed by atoms with Gasteiger partial charge in [-0.25, -0.2) is 4.57 Å². The van der Waals surface area contributed by atoms with Crippen molar-refractivity contribution in [1.29, 1.82) is 0 Å². The first-order chi connectivity index (χ1) is 27.1. The molecule has 0 heterocycles. The second kappa shape index (κ2) is 39.3. The number of carbonyl (C=O) groups is 3. The molecule has 0 bridgehead atoms. The topological polar surface area (TPSA) is 172 Å². The molecule has 3 atom stereocenters. The van der Waals surface area contributed by atoms with Gasteiger partial charge in [-0.1, -0.05) is 146 Å². The first kappa shape index (κ1) is 53.4. The molecular weight excluding hydrogens is 733 g/mol. The number of unbranched alkanes of at least 4 members (excludes halogenated alkanes) is 18. The number of allylic oxidation sites excluding steroid dienone is 8. The molecule has 11 nitrogen and oxygen atoms in total. The van der Waals surface area contributed by atoms with Crippen molar-refractivity contribution in [3.63, 3.8) is 0 Å². The SMILES string of the molecule is CC/C=C\C/C=C\C/C=C\CCCCCCCC(=O)OC[C@H](COP(=O)(O)OC[C@H](N)C(=O)O)OC(=O)CCCCCCCCC/C=C\CCCCCCCC. The number of rotatable bonds is 40. The Morgan fingerprint density at radius 2 is 1.00 bits per heavy atom. The van der Waals surface area contributed by atoms with Gasteiger partial charge in [-0.3, -0.25) is 23.4 Å². The lowest BCUT2D eigenvalue weighted by Gasteiger charge is -2.20. The van der Waals surface area contributed by atoms with Crippen LogP contribution in [0.15, 0.2) is 48.6 Å². The highest BCUT2D eigenvalue weighted by Gasteiger charge is 2.28. The van der Waals surface area contributed by atoms with Crippen molar-refractivity contribution >= 4 is 25.7 Å². The first-order valence-corrected chi connectivity index (χ1v) is 23.2. The molecule has 0 saturated carbocycles. The summed E-state index contributed by atoms with van der Waals surface area (Å²) in [7, 11) is -4.72. The average molecular weight is 812 g/mol.